The Bertz CT molecular complexity index is 1520. The molecule has 11 heteroatoms. The summed E-state index contributed by atoms with van der Waals surface area (Å²) < 4.78 is 14.6. The van der Waals surface area contributed by atoms with E-state index >= 15 is 0 Å². The Kier molecular flexibility index (Phi) is 8.40. The molecule has 4 rings (SSSR count). The lowest BCUT2D eigenvalue weighted by atomic mass is 10.2. The smallest absolute Gasteiger partial charge is 0.342 e. The first kappa shape index (κ1) is 27.6. The largest absolute Gasteiger partial charge is 0.497 e. The van der Waals surface area contributed by atoms with Crippen molar-refractivity contribution in [2.45, 2.75) is 32.5 Å². The number of hydrogen-bond acceptors (Lipinski definition) is 6. The number of nitrogens with zero attached hydrogens (tertiary/aromatic N) is 4. The van der Waals surface area contributed by atoms with Gasteiger partial charge >= 0.3 is 5.97 Å². The minimum absolute atomic E-state index is 0.108. The highest BCUT2D eigenvalue weighted by Gasteiger charge is 2.20. The van der Waals surface area contributed by atoms with Gasteiger partial charge in [-0.15, -0.1) is 10.2 Å². The molecule has 0 unspecified atom stereocenters. The molecule has 2 aromatic carbocycles. The van der Waals surface area contributed by atoms with E-state index in [4.69, 9.17) is 32.7 Å². The average Bonchev–Trinajstić information content (AvgIpc) is 3.44. The highest BCUT2D eigenvalue weighted by Crippen LogP contribution is 2.35. The first-order valence-electron chi connectivity index (χ1n) is 11.6. The van der Waals surface area contributed by atoms with Crippen molar-refractivity contribution >= 4 is 47.0 Å². The quantitative estimate of drug-likeness (QED) is 0.172. The molecule has 0 saturated carbocycles. The van der Waals surface area contributed by atoms with Crippen LogP contribution in [0.25, 0.3) is 23.2 Å². The molecular weight excluding hydrogens is 547 g/mol. The maximum Gasteiger partial charge on any atom is 0.342 e. The molecule has 0 aliphatic rings. The molecule has 0 bridgehead atoms. The fraction of sp³-hybridized carbons (Fsp3) is 0.222. The number of benzene rings is 2. The molecule has 0 amide bonds. The molecule has 0 radical (unpaired) electrons. The fourth-order valence-corrected chi connectivity index (χ4v) is 5.30. The normalized spacial score (nSPS) is 11.6. The minimum Gasteiger partial charge on any atom is -0.497 e. The summed E-state index contributed by atoms with van der Waals surface area (Å²) in [4.78, 5) is 12.4. The molecule has 0 saturated heterocycles. The van der Waals surface area contributed by atoms with E-state index in [9.17, 15) is 9.90 Å². The van der Waals surface area contributed by atoms with E-state index in [1.807, 2.05) is 54.2 Å². The van der Waals surface area contributed by atoms with Crippen LogP contribution in [0.15, 0.2) is 52.5 Å². The summed E-state index contributed by atoms with van der Waals surface area (Å²) >= 11 is 13.4. The predicted octanol–water partition coefficient (Wildman–Crippen LogP) is 6.91. The molecule has 0 fully saturated rings. The van der Waals surface area contributed by atoms with Crippen LogP contribution in [0.5, 0.6) is 11.5 Å². The van der Waals surface area contributed by atoms with Crippen molar-refractivity contribution in [1.82, 2.24) is 19.3 Å². The molecule has 0 atom stereocenters. The number of ether oxygens (including phenoxy) is 2. The lowest BCUT2D eigenvalue weighted by molar-refractivity contribution is -0.131. The fourth-order valence-electron chi connectivity index (χ4n) is 4.13. The number of carboxylic acids is 1. The van der Waals surface area contributed by atoms with E-state index in [0.717, 1.165) is 40.0 Å². The molecule has 8 nitrogen and oxygen atoms in total. The van der Waals surface area contributed by atoms with Gasteiger partial charge < -0.3 is 23.7 Å². The van der Waals surface area contributed by atoms with Crippen LogP contribution in [0.1, 0.15) is 23.9 Å². The minimum atomic E-state index is -1.07. The molecule has 2 aromatic heterocycles. The van der Waals surface area contributed by atoms with Crippen molar-refractivity contribution in [2.24, 2.45) is 0 Å². The number of thioether (sulfide) groups is 1. The van der Waals surface area contributed by atoms with Gasteiger partial charge in [0, 0.05) is 35.2 Å². The topological polar surface area (TPSA) is 91.4 Å². The molecule has 0 aliphatic heterocycles. The molecule has 0 spiro atoms. The number of aliphatic carboxylic acids is 1. The summed E-state index contributed by atoms with van der Waals surface area (Å²) in [6, 6.07) is 12.7. The predicted molar refractivity (Wildman–Crippen MR) is 151 cm³/mol. The molecule has 1 N–H and O–H groups in total. The van der Waals surface area contributed by atoms with Gasteiger partial charge in [0.1, 0.15) is 16.4 Å². The number of rotatable bonds is 9. The highest BCUT2D eigenvalue weighted by molar-refractivity contribution is 8.04. The van der Waals surface area contributed by atoms with Crippen molar-refractivity contribution < 1.29 is 19.4 Å². The number of halogens is 2. The second-order valence-electron chi connectivity index (χ2n) is 8.33. The summed E-state index contributed by atoms with van der Waals surface area (Å²) in [5, 5.41) is 20.1. The lowest BCUT2D eigenvalue weighted by Crippen LogP contribution is -2.03. The Balaban J connectivity index is 1.72. The second kappa shape index (κ2) is 11.6. The van der Waals surface area contributed by atoms with Gasteiger partial charge in [-0.05, 0) is 80.6 Å². The number of methoxy groups -OCH3 is 2. The third kappa shape index (κ3) is 5.55. The summed E-state index contributed by atoms with van der Waals surface area (Å²) in [5.41, 5.74) is 4.13. The van der Waals surface area contributed by atoms with Gasteiger partial charge in [0.2, 0.25) is 0 Å². The Morgan fingerprint density at radius 2 is 1.71 bits per heavy atom. The standard InChI is InChI=1S/C27H26Cl2N4O4S/c1-6-32-25(18-10-20(36-4)14-21(11-18)37-5)30-31-27(32)38-24(26(34)35)12-17-9-15(2)33(16(17)3)19-7-8-22(28)23(29)13-19/h7-14H,6H2,1-5H3,(H,34,35)/b24-12-. The number of aryl methyl sites for hydroxylation is 1. The number of hydrogen-bond donors (Lipinski definition) is 1. The maximum atomic E-state index is 12.3. The van der Waals surface area contributed by atoms with Crippen LogP contribution in [-0.2, 0) is 11.3 Å². The van der Waals surface area contributed by atoms with Crippen LogP contribution in [0.3, 0.4) is 0 Å². The Labute approximate surface area is 234 Å². The van der Waals surface area contributed by atoms with Crippen molar-refractivity contribution in [3.63, 3.8) is 0 Å². The van der Waals surface area contributed by atoms with E-state index in [1.54, 1.807) is 38.5 Å². The highest BCUT2D eigenvalue weighted by atomic mass is 35.5. The number of carbonyl (C=O) groups is 1. The van der Waals surface area contributed by atoms with Gasteiger partial charge in [0.05, 0.1) is 24.3 Å². The van der Waals surface area contributed by atoms with E-state index in [-0.39, 0.29) is 4.91 Å². The zero-order chi connectivity index (χ0) is 27.6. The average molecular weight is 574 g/mol. The van der Waals surface area contributed by atoms with Crippen LogP contribution in [0, 0.1) is 13.8 Å². The summed E-state index contributed by atoms with van der Waals surface area (Å²) in [7, 11) is 3.15. The number of carboxylic acid groups (broad SMARTS) is 1. The monoisotopic (exact) mass is 572 g/mol. The van der Waals surface area contributed by atoms with Crippen LogP contribution < -0.4 is 9.47 Å². The van der Waals surface area contributed by atoms with Gasteiger partial charge in [-0.3, -0.25) is 0 Å². The van der Waals surface area contributed by atoms with Crippen LogP contribution in [0.4, 0.5) is 0 Å². The van der Waals surface area contributed by atoms with E-state index in [1.165, 1.54) is 0 Å². The molecule has 198 valence electrons. The first-order valence-corrected chi connectivity index (χ1v) is 13.2. The molecule has 4 aromatic rings. The third-order valence-electron chi connectivity index (χ3n) is 5.97. The van der Waals surface area contributed by atoms with Crippen molar-refractivity contribution in [3.8, 4) is 28.6 Å². The third-order valence-corrected chi connectivity index (χ3v) is 7.71. The summed E-state index contributed by atoms with van der Waals surface area (Å²) in [5.74, 6) is 0.740. The van der Waals surface area contributed by atoms with Crippen molar-refractivity contribution in [2.75, 3.05) is 14.2 Å². The SMILES string of the molecule is CCn1c(S/C(=C\c2cc(C)n(-c3ccc(Cl)c(Cl)c3)c2C)C(=O)O)nnc1-c1cc(OC)cc(OC)c1. The van der Waals surface area contributed by atoms with Crippen LogP contribution >= 0.6 is 35.0 Å². The zero-order valence-corrected chi connectivity index (χ0v) is 23.8. The molecule has 38 heavy (non-hydrogen) atoms. The van der Waals surface area contributed by atoms with Crippen molar-refractivity contribution in [1.29, 1.82) is 0 Å². The zero-order valence-electron chi connectivity index (χ0n) is 21.5. The summed E-state index contributed by atoms with van der Waals surface area (Å²) in [6.45, 7) is 6.35. The molecular formula is C27H26Cl2N4O4S. The molecule has 2 heterocycles. The van der Waals surface area contributed by atoms with Gasteiger partial charge in [-0.1, -0.05) is 23.2 Å². The molecule has 0 aliphatic carbocycles. The maximum absolute atomic E-state index is 12.3. The van der Waals surface area contributed by atoms with Gasteiger partial charge in [-0.2, -0.15) is 0 Å². The van der Waals surface area contributed by atoms with Crippen molar-refractivity contribution in [3.05, 3.63) is 74.4 Å². The lowest BCUT2D eigenvalue weighted by Gasteiger charge is -2.11. The van der Waals surface area contributed by atoms with Gasteiger partial charge in [-0.25, -0.2) is 4.79 Å². The second-order valence-corrected chi connectivity index (χ2v) is 10.2. The van der Waals surface area contributed by atoms with Crippen LogP contribution in [-0.4, -0.2) is 44.6 Å². The van der Waals surface area contributed by atoms with E-state index in [0.29, 0.717) is 39.1 Å². The van der Waals surface area contributed by atoms with E-state index in [2.05, 4.69) is 10.2 Å². The summed E-state index contributed by atoms with van der Waals surface area (Å²) in [6.07, 6.45) is 1.65. The van der Waals surface area contributed by atoms with E-state index < -0.39 is 5.97 Å². The van der Waals surface area contributed by atoms with Gasteiger partial charge in [0.15, 0.2) is 11.0 Å². The Hall–Kier alpha value is -3.40. The first-order chi connectivity index (χ1) is 18.2. The van der Waals surface area contributed by atoms with Crippen LogP contribution in [0.2, 0.25) is 10.0 Å². The number of aromatic nitrogens is 4. The Morgan fingerprint density at radius 1 is 1.03 bits per heavy atom. The Morgan fingerprint density at radius 3 is 2.29 bits per heavy atom. The van der Waals surface area contributed by atoms with Gasteiger partial charge in [0.25, 0.3) is 0 Å².